The number of alkyl halides is 2. The van der Waals surface area contributed by atoms with Crippen molar-refractivity contribution in [1.82, 2.24) is 4.90 Å². The van der Waals surface area contributed by atoms with E-state index in [9.17, 15) is 8.78 Å². The van der Waals surface area contributed by atoms with Crippen molar-refractivity contribution in [1.29, 1.82) is 0 Å². The van der Waals surface area contributed by atoms with E-state index in [1.807, 2.05) is 12.1 Å². The molecule has 1 aliphatic carbocycles. The van der Waals surface area contributed by atoms with Crippen LogP contribution in [0.4, 0.5) is 14.5 Å². The Kier molecular flexibility index (Phi) is 4.82. The first-order valence-corrected chi connectivity index (χ1v) is 9.57. The topological polar surface area (TPSA) is 15.3 Å². The van der Waals surface area contributed by atoms with E-state index in [1.165, 1.54) is 12.8 Å². The van der Waals surface area contributed by atoms with Crippen molar-refractivity contribution < 1.29 is 8.78 Å². The van der Waals surface area contributed by atoms with E-state index in [1.54, 1.807) is 12.1 Å². The number of anilines is 1. The fraction of sp³-hybridized carbons (Fsp3) is 0.611. The van der Waals surface area contributed by atoms with Crippen LogP contribution >= 0.6 is 24.0 Å². The Hall–Kier alpha value is -0.880. The van der Waals surface area contributed by atoms with Gasteiger partial charge < -0.3 is 10.2 Å². The fourth-order valence-electron chi connectivity index (χ4n) is 4.61. The molecule has 1 aromatic rings. The van der Waals surface area contributed by atoms with Crippen molar-refractivity contribution >= 4 is 34.8 Å². The highest BCUT2D eigenvalue weighted by Gasteiger charge is 2.50. The summed E-state index contributed by atoms with van der Waals surface area (Å²) in [4.78, 5) is 2.89. The second-order valence-corrected chi connectivity index (χ2v) is 9.62. The normalized spacial score (nSPS) is 28.2. The lowest BCUT2D eigenvalue weighted by Crippen LogP contribution is -2.39. The number of fused-ring (bicyclic) bond motifs is 2. The molecule has 132 valence electrons. The molecule has 2 nitrogen and oxygen atoms in total. The van der Waals surface area contributed by atoms with Crippen LogP contribution in [-0.4, -0.2) is 28.4 Å². The molecule has 0 spiro atoms. The molecule has 1 heterocycles. The molecule has 2 bridgehead atoms. The highest BCUT2D eigenvalue weighted by Crippen LogP contribution is 2.52. The minimum absolute atomic E-state index is 0.329. The van der Waals surface area contributed by atoms with Gasteiger partial charge in [-0.05, 0) is 66.6 Å². The van der Waals surface area contributed by atoms with Gasteiger partial charge in [0.25, 0.3) is 5.76 Å². The zero-order chi connectivity index (χ0) is 17.5. The van der Waals surface area contributed by atoms with Crippen molar-refractivity contribution in [3.63, 3.8) is 0 Å². The number of likely N-dealkylation sites (tertiary alicyclic amines) is 1. The quantitative estimate of drug-likeness (QED) is 0.550. The average Bonchev–Trinajstić information content (AvgIpc) is 2.69. The van der Waals surface area contributed by atoms with Crippen LogP contribution < -0.4 is 5.32 Å². The Morgan fingerprint density at radius 1 is 1.25 bits per heavy atom. The molecule has 0 amide bonds. The fourth-order valence-corrected chi connectivity index (χ4v) is 5.44. The average molecular weight is 371 g/mol. The number of benzene rings is 1. The van der Waals surface area contributed by atoms with Crippen LogP contribution in [0, 0.1) is 10.8 Å². The van der Waals surface area contributed by atoms with Gasteiger partial charge in [0.15, 0.2) is 5.11 Å². The van der Waals surface area contributed by atoms with Crippen LogP contribution in [0.3, 0.4) is 0 Å². The number of thiocarbonyl (C=S) groups is 1. The first-order chi connectivity index (χ1) is 11.2. The highest BCUT2D eigenvalue weighted by atomic mass is 32.2. The van der Waals surface area contributed by atoms with Gasteiger partial charge in [0.2, 0.25) is 0 Å². The van der Waals surface area contributed by atoms with Gasteiger partial charge in [-0.2, -0.15) is 8.78 Å². The van der Waals surface area contributed by atoms with E-state index in [0.717, 1.165) is 23.8 Å². The van der Waals surface area contributed by atoms with E-state index in [4.69, 9.17) is 12.2 Å². The molecule has 3 rings (SSSR count). The third-order valence-electron chi connectivity index (χ3n) is 5.01. The first-order valence-electron chi connectivity index (χ1n) is 8.28. The number of nitrogens with zero attached hydrogens (tertiary/aromatic N) is 1. The minimum Gasteiger partial charge on any atom is -0.345 e. The Morgan fingerprint density at radius 2 is 1.92 bits per heavy atom. The molecular formula is C18H24F2N2S2. The third kappa shape index (κ3) is 4.02. The lowest BCUT2D eigenvalue weighted by Gasteiger charge is -2.39. The summed E-state index contributed by atoms with van der Waals surface area (Å²) in [5.74, 6) is -2.39. The van der Waals surface area contributed by atoms with Gasteiger partial charge in [0.1, 0.15) is 0 Å². The molecule has 24 heavy (non-hydrogen) atoms. The second kappa shape index (κ2) is 6.45. The van der Waals surface area contributed by atoms with E-state index in [-0.39, 0.29) is 0 Å². The Balaban J connectivity index is 1.65. The first kappa shape index (κ1) is 17.9. The molecule has 2 aliphatic rings. The molecule has 2 fully saturated rings. The van der Waals surface area contributed by atoms with Gasteiger partial charge in [-0.25, -0.2) is 0 Å². The molecule has 0 unspecified atom stereocenters. The van der Waals surface area contributed by atoms with Crippen molar-refractivity contribution in [2.75, 3.05) is 11.9 Å². The molecule has 1 aliphatic heterocycles. The maximum absolute atomic E-state index is 12.4. The SMILES string of the molecule is CC1(C)C[C@H]2C[C@@](C)(CN2C(=S)Nc2ccc(SC(F)F)cc2)C1. The van der Waals surface area contributed by atoms with Crippen molar-refractivity contribution in [3.8, 4) is 0 Å². The number of hydrogen-bond acceptors (Lipinski definition) is 2. The smallest absolute Gasteiger partial charge is 0.288 e. The molecule has 0 aromatic heterocycles. The summed E-state index contributed by atoms with van der Waals surface area (Å²) < 4.78 is 24.8. The molecule has 1 saturated heterocycles. The van der Waals surface area contributed by atoms with E-state index >= 15 is 0 Å². The molecule has 0 radical (unpaired) electrons. The number of rotatable bonds is 3. The summed E-state index contributed by atoms with van der Waals surface area (Å²) in [5, 5.41) is 4.03. The maximum atomic E-state index is 12.4. The summed E-state index contributed by atoms with van der Waals surface area (Å²) in [7, 11) is 0. The predicted octanol–water partition coefficient (Wildman–Crippen LogP) is 5.60. The monoisotopic (exact) mass is 370 g/mol. The lowest BCUT2D eigenvalue weighted by atomic mass is 9.65. The van der Waals surface area contributed by atoms with Crippen LogP contribution in [0.1, 0.15) is 40.0 Å². The number of thioether (sulfide) groups is 1. The van der Waals surface area contributed by atoms with Crippen LogP contribution in [0.15, 0.2) is 29.2 Å². The number of nitrogens with one attached hydrogen (secondary N) is 1. The van der Waals surface area contributed by atoms with Crippen LogP contribution in [-0.2, 0) is 0 Å². The third-order valence-corrected chi connectivity index (χ3v) is 6.07. The van der Waals surface area contributed by atoms with Gasteiger partial charge >= 0.3 is 0 Å². The summed E-state index contributed by atoms with van der Waals surface area (Å²) in [6.07, 6.45) is 3.59. The molecule has 1 aromatic carbocycles. The summed E-state index contributed by atoms with van der Waals surface area (Å²) in [6.45, 7) is 8.04. The maximum Gasteiger partial charge on any atom is 0.288 e. The van der Waals surface area contributed by atoms with Gasteiger partial charge in [0, 0.05) is 23.2 Å². The van der Waals surface area contributed by atoms with Crippen molar-refractivity contribution in [2.45, 2.75) is 56.7 Å². The number of halogens is 2. The largest absolute Gasteiger partial charge is 0.345 e. The Labute approximate surface area is 152 Å². The lowest BCUT2D eigenvalue weighted by molar-refractivity contribution is 0.132. The molecule has 1 N–H and O–H groups in total. The van der Waals surface area contributed by atoms with Crippen molar-refractivity contribution in [2.24, 2.45) is 10.8 Å². The molecular weight excluding hydrogens is 346 g/mol. The van der Waals surface area contributed by atoms with Gasteiger partial charge in [-0.3, -0.25) is 0 Å². The molecule has 6 heteroatoms. The van der Waals surface area contributed by atoms with E-state index < -0.39 is 5.76 Å². The number of hydrogen-bond donors (Lipinski definition) is 1. The predicted molar refractivity (Wildman–Crippen MR) is 101 cm³/mol. The van der Waals surface area contributed by atoms with Crippen LogP contribution in [0.2, 0.25) is 0 Å². The zero-order valence-corrected chi connectivity index (χ0v) is 15.9. The standard InChI is InChI=1S/C18H24F2N2S2/c1-17(2)8-13-9-18(3,10-17)11-22(13)16(23)21-12-4-6-14(7-5-12)24-15(19)20/h4-7,13,15H,8-11H2,1-3H3,(H,21,23)/t13-,18+/m0/s1. The van der Waals surface area contributed by atoms with Crippen LogP contribution in [0.25, 0.3) is 0 Å². The Morgan fingerprint density at radius 3 is 2.54 bits per heavy atom. The minimum atomic E-state index is -2.39. The van der Waals surface area contributed by atoms with Crippen molar-refractivity contribution in [3.05, 3.63) is 24.3 Å². The van der Waals surface area contributed by atoms with Crippen LogP contribution in [0.5, 0.6) is 0 Å². The Bertz CT molecular complexity index is 618. The second-order valence-electron chi connectivity index (χ2n) is 8.17. The van der Waals surface area contributed by atoms with Gasteiger partial charge in [-0.15, -0.1) is 0 Å². The summed E-state index contributed by atoms with van der Waals surface area (Å²) >= 11 is 6.20. The van der Waals surface area contributed by atoms with E-state index in [2.05, 4.69) is 31.0 Å². The summed E-state index contributed by atoms with van der Waals surface area (Å²) in [5.41, 5.74) is 1.54. The highest BCUT2D eigenvalue weighted by molar-refractivity contribution is 7.99. The summed E-state index contributed by atoms with van der Waals surface area (Å²) in [6, 6.07) is 7.52. The molecule has 1 saturated carbocycles. The van der Waals surface area contributed by atoms with Gasteiger partial charge in [0.05, 0.1) is 0 Å². The van der Waals surface area contributed by atoms with E-state index in [0.29, 0.717) is 33.5 Å². The van der Waals surface area contributed by atoms with Gasteiger partial charge in [-0.1, -0.05) is 32.5 Å². The molecule has 2 atom stereocenters. The zero-order valence-electron chi connectivity index (χ0n) is 14.3.